The molecule has 1 amide bonds. The fraction of sp³-hybridized carbons (Fsp3) is 0.381. The lowest BCUT2D eigenvalue weighted by Gasteiger charge is -2.25. The third-order valence-corrected chi connectivity index (χ3v) is 7.06. The van der Waals surface area contributed by atoms with Gasteiger partial charge in [0.25, 0.3) is 5.91 Å². The molecule has 1 N–H and O–H groups in total. The van der Waals surface area contributed by atoms with E-state index in [4.69, 9.17) is 16.3 Å². The Balaban J connectivity index is 1.53. The number of rotatable bonds is 7. The van der Waals surface area contributed by atoms with Gasteiger partial charge in [-0.05, 0) is 61.7 Å². The first-order valence-electron chi connectivity index (χ1n) is 9.64. The van der Waals surface area contributed by atoms with E-state index in [0.29, 0.717) is 23.9 Å². The van der Waals surface area contributed by atoms with Gasteiger partial charge >= 0.3 is 0 Å². The lowest BCUT2D eigenvalue weighted by Crippen LogP contribution is -2.35. The van der Waals surface area contributed by atoms with Gasteiger partial charge in [-0.15, -0.1) is 0 Å². The first-order chi connectivity index (χ1) is 13.9. The number of carbonyl (C=O) groups excluding carboxylic acids is 1. The summed E-state index contributed by atoms with van der Waals surface area (Å²) in [7, 11) is -3.47. The molecule has 0 aromatic heterocycles. The molecule has 1 atom stereocenters. The number of amides is 1. The molecule has 2 aromatic rings. The molecular weight excluding hydrogens is 412 g/mol. The molecule has 156 valence electrons. The van der Waals surface area contributed by atoms with E-state index in [1.807, 2.05) is 19.1 Å². The van der Waals surface area contributed by atoms with E-state index < -0.39 is 10.0 Å². The zero-order valence-electron chi connectivity index (χ0n) is 16.3. The van der Waals surface area contributed by atoms with Gasteiger partial charge in [0.15, 0.2) is 6.61 Å². The molecule has 0 radical (unpaired) electrons. The van der Waals surface area contributed by atoms with Gasteiger partial charge in [-0.3, -0.25) is 4.79 Å². The van der Waals surface area contributed by atoms with Gasteiger partial charge in [-0.1, -0.05) is 30.2 Å². The summed E-state index contributed by atoms with van der Waals surface area (Å²) in [4.78, 5) is 12.4. The van der Waals surface area contributed by atoms with Crippen LogP contribution in [0.3, 0.4) is 0 Å². The highest BCUT2D eigenvalue weighted by Crippen LogP contribution is 2.23. The predicted molar refractivity (Wildman–Crippen MR) is 113 cm³/mol. The fourth-order valence-electron chi connectivity index (χ4n) is 3.23. The van der Waals surface area contributed by atoms with Crippen molar-refractivity contribution in [2.45, 2.75) is 37.1 Å². The number of hydrogen-bond acceptors (Lipinski definition) is 4. The predicted octanol–water partition coefficient (Wildman–Crippen LogP) is 3.77. The second-order valence-corrected chi connectivity index (χ2v) is 9.44. The van der Waals surface area contributed by atoms with Crippen molar-refractivity contribution in [3.63, 3.8) is 0 Å². The second kappa shape index (κ2) is 9.61. The number of halogens is 1. The minimum Gasteiger partial charge on any atom is -0.484 e. The van der Waals surface area contributed by atoms with E-state index in [1.54, 1.807) is 24.3 Å². The Morgan fingerprint density at radius 3 is 2.31 bits per heavy atom. The van der Waals surface area contributed by atoms with Crippen molar-refractivity contribution in [2.24, 2.45) is 0 Å². The Morgan fingerprint density at radius 2 is 1.69 bits per heavy atom. The van der Waals surface area contributed by atoms with Gasteiger partial charge in [0.05, 0.1) is 10.9 Å². The maximum atomic E-state index is 12.7. The molecule has 2 aromatic carbocycles. The van der Waals surface area contributed by atoms with Gasteiger partial charge in [-0.2, -0.15) is 4.31 Å². The summed E-state index contributed by atoms with van der Waals surface area (Å²) in [6, 6.07) is 13.3. The molecule has 1 fully saturated rings. The van der Waals surface area contributed by atoms with Crippen LogP contribution < -0.4 is 10.1 Å². The summed E-state index contributed by atoms with van der Waals surface area (Å²) in [5, 5.41) is 3.50. The van der Waals surface area contributed by atoms with Gasteiger partial charge in [0.2, 0.25) is 10.0 Å². The Morgan fingerprint density at radius 1 is 1.07 bits per heavy atom. The van der Waals surface area contributed by atoms with Crippen LogP contribution in [0.4, 0.5) is 0 Å². The first kappa shape index (κ1) is 21.6. The zero-order valence-corrected chi connectivity index (χ0v) is 17.9. The highest BCUT2D eigenvalue weighted by Gasteiger charge is 2.25. The summed E-state index contributed by atoms with van der Waals surface area (Å²) in [5.74, 6) is 0.175. The molecule has 8 heteroatoms. The molecule has 1 aliphatic heterocycles. The van der Waals surface area contributed by atoms with Gasteiger partial charge in [0.1, 0.15) is 5.75 Å². The Bertz CT molecular complexity index is 924. The third-order valence-electron chi connectivity index (χ3n) is 4.89. The average Bonchev–Trinajstić information content (AvgIpc) is 2.73. The average molecular weight is 437 g/mol. The normalized spacial score (nSPS) is 16.2. The number of sulfonamides is 1. The molecule has 1 aliphatic rings. The molecule has 6 nitrogen and oxygen atoms in total. The zero-order chi connectivity index (χ0) is 20.9. The van der Waals surface area contributed by atoms with E-state index in [1.165, 1.54) is 16.4 Å². The number of hydrogen-bond donors (Lipinski definition) is 1. The summed E-state index contributed by atoms with van der Waals surface area (Å²) in [6.45, 7) is 2.84. The molecule has 1 heterocycles. The van der Waals surface area contributed by atoms with Crippen LogP contribution in [0.25, 0.3) is 0 Å². The van der Waals surface area contributed by atoms with Crippen LogP contribution in [0.1, 0.15) is 37.8 Å². The standard InChI is InChI=1S/C21H25ClN2O4S/c1-16(17-5-7-18(22)8-6-17)23-21(25)15-28-19-9-11-20(12-10-19)29(26,27)24-13-3-2-4-14-24/h5-12,16H,2-4,13-15H2,1H3,(H,23,25)/t16-/m0/s1. The Labute approximate surface area is 176 Å². The highest BCUT2D eigenvalue weighted by atomic mass is 35.5. The second-order valence-electron chi connectivity index (χ2n) is 7.07. The number of nitrogens with zero attached hydrogens (tertiary/aromatic N) is 1. The van der Waals surface area contributed by atoms with Crippen LogP contribution in [-0.2, 0) is 14.8 Å². The van der Waals surface area contributed by atoms with Crippen LogP contribution in [0, 0.1) is 0 Å². The van der Waals surface area contributed by atoms with E-state index >= 15 is 0 Å². The van der Waals surface area contributed by atoms with E-state index in [2.05, 4.69) is 5.32 Å². The third kappa shape index (κ3) is 5.72. The largest absolute Gasteiger partial charge is 0.484 e. The van der Waals surface area contributed by atoms with Crippen LogP contribution in [0.5, 0.6) is 5.75 Å². The molecule has 0 bridgehead atoms. The lowest BCUT2D eigenvalue weighted by molar-refractivity contribution is -0.123. The SMILES string of the molecule is C[C@H](NC(=O)COc1ccc(S(=O)(=O)N2CCCCC2)cc1)c1ccc(Cl)cc1. The summed E-state index contributed by atoms with van der Waals surface area (Å²) in [5.41, 5.74) is 0.940. The van der Waals surface area contributed by atoms with Gasteiger partial charge in [0, 0.05) is 18.1 Å². The van der Waals surface area contributed by atoms with Crippen molar-refractivity contribution in [3.05, 3.63) is 59.1 Å². The van der Waals surface area contributed by atoms with Crippen LogP contribution in [0.2, 0.25) is 5.02 Å². The molecule has 0 saturated carbocycles. The van der Waals surface area contributed by atoms with Crippen molar-refractivity contribution in [1.29, 1.82) is 0 Å². The van der Waals surface area contributed by atoms with Crippen LogP contribution >= 0.6 is 11.6 Å². The smallest absolute Gasteiger partial charge is 0.258 e. The van der Waals surface area contributed by atoms with E-state index in [-0.39, 0.29) is 23.5 Å². The molecule has 1 saturated heterocycles. The van der Waals surface area contributed by atoms with Crippen molar-refractivity contribution < 1.29 is 17.9 Å². The summed E-state index contributed by atoms with van der Waals surface area (Å²) >= 11 is 5.88. The topological polar surface area (TPSA) is 75.7 Å². The molecule has 0 aliphatic carbocycles. The van der Waals surface area contributed by atoms with Gasteiger partial charge < -0.3 is 10.1 Å². The minimum atomic E-state index is -3.47. The van der Waals surface area contributed by atoms with E-state index in [9.17, 15) is 13.2 Å². The number of benzene rings is 2. The molecule has 0 spiro atoms. The van der Waals surface area contributed by atoms with Crippen LogP contribution in [0.15, 0.2) is 53.4 Å². The number of nitrogens with one attached hydrogen (secondary N) is 1. The Kier molecular flexibility index (Phi) is 7.16. The molecular formula is C21H25ClN2O4S. The summed E-state index contributed by atoms with van der Waals surface area (Å²) < 4.78 is 32.3. The number of piperidine rings is 1. The van der Waals surface area contributed by atoms with E-state index in [0.717, 1.165) is 24.8 Å². The van der Waals surface area contributed by atoms with Crippen molar-refractivity contribution in [3.8, 4) is 5.75 Å². The quantitative estimate of drug-likeness (QED) is 0.716. The van der Waals surface area contributed by atoms with Crippen molar-refractivity contribution >= 4 is 27.5 Å². The maximum Gasteiger partial charge on any atom is 0.258 e. The lowest BCUT2D eigenvalue weighted by atomic mass is 10.1. The number of carbonyl (C=O) groups is 1. The number of ether oxygens (including phenoxy) is 1. The molecule has 0 unspecified atom stereocenters. The van der Waals surface area contributed by atoms with Crippen molar-refractivity contribution in [1.82, 2.24) is 9.62 Å². The summed E-state index contributed by atoms with van der Waals surface area (Å²) in [6.07, 6.45) is 2.85. The van der Waals surface area contributed by atoms with Crippen LogP contribution in [-0.4, -0.2) is 38.3 Å². The monoisotopic (exact) mass is 436 g/mol. The highest BCUT2D eigenvalue weighted by molar-refractivity contribution is 7.89. The maximum absolute atomic E-state index is 12.7. The first-order valence-corrected chi connectivity index (χ1v) is 11.5. The van der Waals surface area contributed by atoms with Crippen molar-refractivity contribution in [2.75, 3.05) is 19.7 Å². The van der Waals surface area contributed by atoms with Gasteiger partial charge in [-0.25, -0.2) is 8.42 Å². The fourth-order valence-corrected chi connectivity index (χ4v) is 4.87. The Hall–Kier alpha value is -2.09. The molecule has 3 rings (SSSR count). The molecule has 29 heavy (non-hydrogen) atoms. The minimum absolute atomic E-state index is 0.157.